The van der Waals surface area contributed by atoms with Crippen LogP contribution in [0.2, 0.25) is 0 Å². The smallest absolute Gasteiger partial charge is 0.289 e. The van der Waals surface area contributed by atoms with Crippen LogP contribution in [0.1, 0.15) is 40.9 Å². The van der Waals surface area contributed by atoms with Gasteiger partial charge in [0.05, 0.1) is 7.11 Å². The van der Waals surface area contributed by atoms with Crippen molar-refractivity contribution < 1.29 is 13.9 Å². The van der Waals surface area contributed by atoms with Crippen molar-refractivity contribution in [1.82, 2.24) is 19.5 Å². The number of pyridine rings is 1. The Hall–Kier alpha value is -3.61. The van der Waals surface area contributed by atoms with E-state index in [2.05, 4.69) is 0 Å². The summed E-state index contributed by atoms with van der Waals surface area (Å²) < 4.78 is 12.7. The van der Waals surface area contributed by atoms with Crippen molar-refractivity contribution in [1.29, 1.82) is 0 Å². The number of methoxy groups -OCH3 is 1. The van der Waals surface area contributed by atoms with Crippen LogP contribution in [-0.2, 0) is 0 Å². The van der Waals surface area contributed by atoms with E-state index in [9.17, 15) is 4.79 Å². The predicted octanol–water partition coefficient (Wildman–Crippen LogP) is 4.33. The molecule has 1 aromatic carbocycles. The average molecular weight is 416 g/mol. The Labute approximate surface area is 180 Å². The highest BCUT2D eigenvalue weighted by Gasteiger charge is 2.29. The Morgan fingerprint density at radius 2 is 2.06 bits per heavy atom. The van der Waals surface area contributed by atoms with Gasteiger partial charge in [0.15, 0.2) is 17.2 Å². The van der Waals surface area contributed by atoms with Crippen LogP contribution >= 0.6 is 0 Å². The minimum absolute atomic E-state index is 0.0677. The topological polar surface area (TPSA) is 72.9 Å². The summed E-state index contributed by atoms with van der Waals surface area (Å²) in [5, 5.41) is 4.75. The van der Waals surface area contributed by atoms with Gasteiger partial charge in [-0.1, -0.05) is 12.1 Å². The number of carbonyl (C=O) groups excluding carboxylic acids is 1. The molecule has 0 bridgehead atoms. The van der Waals surface area contributed by atoms with Crippen molar-refractivity contribution in [2.24, 2.45) is 0 Å². The number of fused-ring (bicyclic) bond motifs is 1. The summed E-state index contributed by atoms with van der Waals surface area (Å²) >= 11 is 0. The Kier molecular flexibility index (Phi) is 4.94. The van der Waals surface area contributed by atoms with Gasteiger partial charge < -0.3 is 14.1 Å². The molecule has 0 N–H and O–H groups in total. The van der Waals surface area contributed by atoms with Crippen molar-refractivity contribution in [3.8, 4) is 16.9 Å². The summed E-state index contributed by atoms with van der Waals surface area (Å²) in [7, 11) is 1.66. The summed E-state index contributed by atoms with van der Waals surface area (Å²) in [6.07, 6.45) is 3.86. The van der Waals surface area contributed by atoms with Crippen LogP contribution in [0, 0.1) is 6.92 Å². The van der Waals surface area contributed by atoms with Gasteiger partial charge in [-0.15, -0.1) is 0 Å². The van der Waals surface area contributed by atoms with E-state index in [1.165, 1.54) is 0 Å². The zero-order valence-electron chi connectivity index (χ0n) is 17.6. The van der Waals surface area contributed by atoms with Gasteiger partial charge in [0.25, 0.3) is 5.91 Å². The molecule has 4 heterocycles. The van der Waals surface area contributed by atoms with Crippen molar-refractivity contribution >= 4 is 11.6 Å². The Morgan fingerprint density at radius 1 is 1.16 bits per heavy atom. The molecule has 0 saturated carbocycles. The van der Waals surface area contributed by atoms with Gasteiger partial charge in [0.1, 0.15) is 11.5 Å². The normalized spacial score (nSPS) is 16.6. The largest absolute Gasteiger partial charge is 0.497 e. The third kappa shape index (κ3) is 3.79. The first-order chi connectivity index (χ1) is 15.1. The monoisotopic (exact) mass is 416 g/mol. The highest BCUT2D eigenvalue weighted by Crippen LogP contribution is 2.28. The van der Waals surface area contributed by atoms with Crippen LogP contribution in [0.25, 0.3) is 16.8 Å². The van der Waals surface area contributed by atoms with E-state index in [4.69, 9.17) is 19.2 Å². The predicted molar refractivity (Wildman–Crippen MR) is 116 cm³/mol. The lowest BCUT2D eigenvalue weighted by atomic mass is 9.97. The van der Waals surface area contributed by atoms with Crippen LogP contribution in [0.4, 0.5) is 0 Å². The van der Waals surface area contributed by atoms with Crippen LogP contribution in [0.15, 0.2) is 59.1 Å². The highest BCUT2D eigenvalue weighted by molar-refractivity contribution is 5.91. The number of likely N-dealkylation sites (tertiary alicyclic amines) is 1. The second-order valence-corrected chi connectivity index (χ2v) is 7.92. The van der Waals surface area contributed by atoms with Gasteiger partial charge in [0, 0.05) is 30.8 Å². The van der Waals surface area contributed by atoms with Crippen LogP contribution in [-0.4, -0.2) is 45.6 Å². The SMILES string of the molecule is COc1cccc(-c2ccc3nc(C4CCCN(C(=O)c5ccc(C)o5)C4)nn3c2)c1. The van der Waals surface area contributed by atoms with E-state index < -0.39 is 0 Å². The molecule has 5 rings (SSSR count). The number of hydrogen-bond acceptors (Lipinski definition) is 5. The van der Waals surface area contributed by atoms with E-state index in [1.54, 1.807) is 13.2 Å². The molecule has 4 aromatic rings. The number of aryl methyl sites for hydroxylation is 1. The van der Waals surface area contributed by atoms with Crippen molar-refractivity contribution in [3.63, 3.8) is 0 Å². The molecule has 0 radical (unpaired) electrons. The number of ether oxygens (including phenoxy) is 1. The molecule has 1 aliphatic rings. The fourth-order valence-electron chi connectivity index (χ4n) is 4.12. The molecule has 1 unspecified atom stereocenters. The second-order valence-electron chi connectivity index (χ2n) is 7.92. The van der Waals surface area contributed by atoms with E-state index in [0.29, 0.717) is 12.3 Å². The molecule has 1 atom stereocenters. The minimum atomic E-state index is -0.0677. The quantitative estimate of drug-likeness (QED) is 0.495. The third-order valence-corrected chi connectivity index (χ3v) is 5.78. The molecule has 3 aromatic heterocycles. The lowest BCUT2D eigenvalue weighted by Gasteiger charge is -2.30. The first kappa shape index (κ1) is 19.4. The van der Waals surface area contributed by atoms with Gasteiger partial charge in [-0.05, 0) is 61.7 Å². The molecule has 7 nitrogen and oxygen atoms in total. The lowest BCUT2D eigenvalue weighted by Crippen LogP contribution is -2.39. The number of benzene rings is 1. The number of rotatable bonds is 4. The average Bonchev–Trinajstić information content (AvgIpc) is 3.44. The van der Waals surface area contributed by atoms with E-state index in [-0.39, 0.29) is 11.8 Å². The molecule has 158 valence electrons. The molecule has 1 fully saturated rings. The molecule has 0 aliphatic carbocycles. The Morgan fingerprint density at radius 3 is 2.87 bits per heavy atom. The fraction of sp³-hybridized carbons (Fsp3) is 0.292. The van der Waals surface area contributed by atoms with Gasteiger partial charge >= 0.3 is 0 Å². The zero-order valence-corrected chi connectivity index (χ0v) is 17.6. The number of aromatic nitrogens is 3. The second kappa shape index (κ2) is 7.91. The van der Waals surface area contributed by atoms with Gasteiger partial charge in [-0.25, -0.2) is 9.50 Å². The molecule has 31 heavy (non-hydrogen) atoms. The van der Waals surface area contributed by atoms with Crippen LogP contribution in [0.5, 0.6) is 5.75 Å². The number of carbonyl (C=O) groups is 1. The standard InChI is InChI=1S/C24H24N4O3/c1-16-8-10-21(31-16)24(29)27-12-4-6-19(14-27)23-25-22-11-9-18(15-28(22)26-23)17-5-3-7-20(13-17)30-2/h3,5,7-11,13,15,19H,4,6,12,14H2,1-2H3. The molecular formula is C24H24N4O3. The lowest BCUT2D eigenvalue weighted by molar-refractivity contribution is 0.0671. The van der Waals surface area contributed by atoms with Crippen molar-refractivity contribution in [3.05, 3.63) is 72.1 Å². The number of hydrogen-bond donors (Lipinski definition) is 0. The zero-order chi connectivity index (χ0) is 21.4. The molecular weight excluding hydrogens is 392 g/mol. The summed E-state index contributed by atoms with van der Waals surface area (Å²) in [6, 6.07) is 15.5. The maximum absolute atomic E-state index is 12.8. The maximum atomic E-state index is 12.8. The minimum Gasteiger partial charge on any atom is -0.497 e. The first-order valence-electron chi connectivity index (χ1n) is 10.5. The van der Waals surface area contributed by atoms with E-state index in [0.717, 1.165) is 53.5 Å². The van der Waals surface area contributed by atoms with Crippen molar-refractivity contribution in [2.45, 2.75) is 25.7 Å². The summed E-state index contributed by atoms with van der Waals surface area (Å²) in [5.41, 5.74) is 2.89. The highest BCUT2D eigenvalue weighted by atomic mass is 16.5. The number of piperidine rings is 1. The van der Waals surface area contributed by atoms with E-state index in [1.807, 2.05) is 65.0 Å². The van der Waals surface area contributed by atoms with Gasteiger partial charge in [-0.3, -0.25) is 4.79 Å². The van der Waals surface area contributed by atoms with Crippen LogP contribution in [0.3, 0.4) is 0 Å². The third-order valence-electron chi connectivity index (χ3n) is 5.78. The number of furan rings is 1. The molecule has 1 amide bonds. The Balaban J connectivity index is 1.39. The molecule has 7 heteroatoms. The van der Waals surface area contributed by atoms with E-state index >= 15 is 0 Å². The summed E-state index contributed by atoms with van der Waals surface area (Å²) in [4.78, 5) is 19.4. The number of nitrogens with zero attached hydrogens (tertiary/aromatic N) is 4. The maximum Gasteiger partial charge on any atom is 0.289 e. The molecule has 1 saturated heterocycles. The van der Waals surface area contributed by atoms with Crippen molar-refractivity contribution in [2.75, 3.05) is 20.2 Å². The summed E-state index contributed by atoms with van der Waals surface area (Å²) in [6.45, 7) is 3.16. The fourth-order valence-corrected chi connectivity index (χ4v) is 4.12. The molecule has 0 spiro atoms. The Bertz CT molecular complexity index is 1240. The van der Waals surface area contributed by atoms with Gasteiger partial charge in [-0.2, -0.15) is 5.10 Å². The molecule has 1 aliphatic heterocycles. The van der Waals surface area contributed by atoms with Crippen LogP contribution < -0.4 is 4.74 Å². The number of amides is 1. The van der Waals surface area contributed by atoms with Gasteiger partial charge in [0.2, 0.25) is 0 Å². The summed E-state index contributed by atoms with van der Waals surface area (Å²) in [5.74, 6) is 2.76. The first-order valence-corrected chi connectivity index (χ1v) is 10.5.